The smallest absolute Gasteiger partial charge is 0.263 e. The number of likely N-dealkylation sites (N-methyl/N-ethyl adjacent to an activating group) is 1. The van der Waals surface area contributed by atoms with E-state index in [1.807, 2.05) is 79.7 Å². The second-order valence-electron chi connectivity index (χ2n) is 7.93. The molecular weight excluding hydrogens is 494 g/mol. The molecule has 0 aliphatic rings. The van der Waals surface area contributed by atoms with Gasteiger partial charge in [-0.3, -0.25) is 9.69 Å². The standard InChI is InChI=1S/C28H31N3O3S.ClH/c1-4-30(5-2)19-20-31(28-29-26-24(33-6-3)17-12-18-25(26)35-28)27(32)22-15-10-11-16-23(22)34-21-13-8-7-9-14-21;/h7-18H,4-6,19-20H2,1-3H3;1H. The number of para-hydroxylation sites is 3. The van der Waals surface area contributed by atoms with Gasteiger partial charge in [-0.05, 0) is 56.4 Å². The first-order chi connectivity index (χ1) is 17.1. The van der Waals surface area contributed by atoms with Crippen molar-refractivity contribution in [2.45, 2.75) is 20.8 Å². The lowest BCUT2D eigenvalue weighted by atomic mass is 10.1. The molecule has 190 valence electrons. The van der Waals surface area contributed by atoms with Crippen molar-refractivity contribution in [1.82, 2.24) is 9.88 Å². The van der Waals surface area contributed by atoms with Crippen molar-refractivity contribution < 1.29 is 14.3 Å². The van der Waals surface area contributed by atoms with E-state index in [4.69, 9.17) is 14.5 Å². The van der Waals surface area contributed by atoms with Gasteiger partial charge in [-0.15, -0.1) is 12.4 Å². The summed E-state index contributed by atoms with van der Waals surface area (Å²) in [6.07, 6.45) is 0. The highest BCUT2D eigenvalue weighted by atomic mass is 35.5. The molecule has 1 heterocycles. The fraction of sp³-hybridized carbons (Fsp3) is 0.286. The minimum Gasteiger partial charge on any atom is -0.492 e. The first-order valence-electron chi connectivity index (χ1n) is 12.0. The fourth-order valence-electron chi connectivity index (χ4n) is 3.86. The Balaban J connectivity index is 0.00000361. The molecule has 36 heavy (non-hydrogen) atoms. The van der Waals surface area contributed by atoms with E-state index in [0.717, 1.165) is 35.6 Å². The quantitative estimate of drug-likeness (QED) is 0.213. The maximum Gasteiger partial charge on any atom is 0.263 e. The van der Waals surface area contributed by atoms with E-state index in [-0.39, 0.29) is 18.3 Å². The third-order valence-corrected chi connectivity index (χ3v) is 6.81. The van der Waals surface area contributed by atoms with Crippen molar-refractivity contribution in [3.63, 3.8) is 0 Å². The van der Waals surface area contributed by atoms with Crippen LogP contribution in [0.5, 0.6) is 17.2 Å². The molecule has 0 saturated carbocycles. The van der Waals surface area contributed by atoms with Crippen LogP contribution in [0.4, 0.5) is 5.13 Å². The van der Waals surface area contributed by atoms with Crippen molar-refractivity contribution >= 4 is 45.0 Å². The van der Waals surface area contributed by atoms with E-state index in [2.05, 4.69) is 18.7 Å². The van der Waals surface area contributed by atoms with Crippen molar-refractivity contribution in [3.05, 3.63) is 78.4 Å². The van der Waals surface area contributed by atoms with Gasteiger partial charge in [-0.1, -0.05) is 61.6 Å². The maximum atomic E-state index is 14.0. The molecule has 0 atom stereocenters. The van der Waals surface area contributed by atoms with Gasteiger partial charge in [0.2, 0.25) is 0 Å². The number of ether oxygens (including phenoxy) is 2. The van der Waals surface area contributed by atoms with Gasteiger partial charge in [0.25, 0.3) is 5.91 Å². The van der Waals surface area contributed by atoms with Crippen LogP contribution in [0.2, 0.25) is 0 Å². The summed E-state index contributed by atoms with van der Waals surface area (Å²) >= 11 is 1.50. The summed E-state index contributed by atoms with van der Waals surface area (Å²) in [5.74, 6) is 1.80. The second kappa shape index (κ2) is 13.3. The Bertz CT molecular complexity index is 1260. The molecule has 6 nitrogen and oxygen atoms in total. The summed E-state index contributed by atoms with van der Waals surface area (Å²) < 4.78 is 12.9. The molecule has 1 aromatic heterocycles. The minimum atomic E-state index is -0.138. The Morgan fingerprint density at radius 3 is 2.28 bits per heavy atom. The van der Waals surface area contributed by atoms with E-state index in [9.17, 15) is 4.79 Å². The van der Waals surface area contributed by atoms with Gasteiger partial charge in [0, 0.05) is 13.1 Å². The van der Waals surface area contributed by atoms with Gasteiger partial charge in [0.1, 0.15) is 22.8 Å². The lowest BCUT2D eigenvalue weighted by Crippen LogP contribution is -2.39. The number of nitrogens with zero attached hydrogens (tertiary/aromatic N) is 3. The average molecular weight is 526 g/mol. The maximum absolute atomic E-state index is 14.0. The van der Waals surface area contributed by atoms with Crippen LogP contribution >= 0.6 is 23.7 Å². The van der Waals surface area contributed by atoms with Gasteiger partial charge in [0.15, 0.2) is 5.13 Å². The molecule has 4 rings (SSSR count). The Kier molecular flexibility index (Phi) is 10.1. The SMILES string of the molecule is CCOc1cccc2sc(N(CCN(CC)CC)C(=O)c3ccccc3Oc3ccccc3)nc12.Cl. The number of thiazole rings is 1. The molecule has 0 unspecified atom stereocenters. The van der Waals surface area contributed by atoms with E-state index < -0.39 is 0 Å². The largest absolute Gasteiger partial charge is 0.492 e. The van der Waals surface area contributed by atoms with Crippen molar-refractivity contribution in [2.75, 3.05) is 37.7 Å². The number of anilines is 1. The number of hydrogen-bond acceptors (Lipinski definition) is 6. The van der Waals surface area contributed by atoms with Gasteiger partial charge in [0.05, 0.1) is 16.9 Å². The van der Waals surface area contributed by atoms with Crippen molar-refractivity contribution in [3.8, 4) is 17.2 Å². The minimum absolute atomic E-state index is 0. The fourth-order valence-corrected chi connectivity index (χ4v) is 4.87. The number of amides is 1. The van der Waals surface area contributed by atoms with Crippen LogP contribution in [0.3, 0.4) is 0 Å². The zero-order chi connectivity index (χ0) is 24.6. The van der Waals surface area contributed by atoms with E-state index in [1.54, 1.807) is 4.90 Å². The highest BCUT2D eigenvalue weighted by Gasteiger charge is 2.25. The van der Waals surface area contributed by atoms with E-state index >= 15 is 0 Å². The van der Waals surface area contributed by atoms with Crippen LogP contribution < -0.4 is 14.4 Å². The Hall–Kier alpha value is -3.13. The summed E-state index contributed by atoms with van der Waals surface area (Å²) in [7, 11) is 0. The number of carbonyl (C=O) groups excluding carboxylic acids is 1. The number of benzene rings is 3. The number of halogens is 1. The molecule has 0 radical (unpaired) electrons. The normalized spacial score (nSPS) is 10.8. The summed E-state index contributed by atoms with van der Waals surface area (Å²) in [4.78, 5) is 22.9. The number of aromatic nitrogens is 1. The van der Waals surface area contributed by atoms with Crippen molar-refractivity contribution in [2.24, 2.45) is 0 Å². The molecule has 8 heteroatoms. The number of rotatable bonds is 11. The molecule has 0 N–H and O–H groups in total. The zero-order valence-corrected chi connectivity index (χ0v) is 22.5. The van der Waals surface area contributed by atoms with Crippen LogP contribution in [-0.2, 0) is 0 Å². The molecule has 0 saturated heterocycles. The first-order valence-corrected chi connectivity index (χ1v) is 12.8. The van der Waals surface area contributed by atoms with Gasteiger partial charge in [-0.2, -0.15) is 0 Å². The average Bonchev–Trinajstić information content (AvgIpc) is 3.32. The third-order valence-electron chi connectivity index (χ3n) is 5.77. The predicted octanol–water partition coefficient (Wildman–Crippen LogP) is 6.90. The Labute approximate surface area is 222 Å². The molecule has 3 aromatic carbocycles. The molecule has 1 amide bonds. The van der Waals surface area contributed by atoms with Gasteiger partial charge < -0.3 is 14.4 Å². The Morgan fingerprint density at radius 1 is 0.861 bits per heavy atom. The highest BCUT2D eigenvalue weighted by Crippen LogP contribution is 2.36. The number of fused-ring (bicyclic) bond motifs is 1. The molecule has 0 aliphatic carbocycles. The molecular formula is C28H32ClN3O3S. The summed E-state index contributed by atoms with van der Waals surface area (Å²) in [5.41, 5.74) is 1.28. The van der Waals surface area contributed by atoms with E-state index in [1.165, 1.54) is 11.3 Å². The summed E-state index contributed by atoms with van der Waals surface area (Å²) in [6.45, 7) is 9.87. The molecule has 4 aromatic rings. The van der Waals surface area contributed by atoms with Crippen molar-refractivity contribution in [1.29, 1.82) is 0 Å². The van der Waals surface area contributed by atoms with Crippen LogP contribution in [0.25, 0.3) is 10.2 Å². The molecule has 0 spiro atoms. The van der Waals surface area contributed by atoms with Gasteiger partial charge >= 0.3 is 0 Å². The second-order valence-corrected chi connectivity index (χ2v) is 8.94. The lowest BCUT2D eigenvalue weighted by Gasteiger charge is -2.25. The topological polar surface area (TPSA) is 54.9 Å². The highest BCUT2D eigenvalue weighted by molar-refractivity contribution is 7.22. The van der Waals surface area contributed by atoms with Crippen LogP contribution in [-0.4, -0.2) is 48.6 Å². The molecule has 0 aliphatic heterocycles. The van der Waals surface area contributed by atoms with Crippen LogP contribution in [0.1, 0.15) is 31.1 Å². The number of carbonyl (C=O) groups is 1. The summed E-state index contributed by atoms with van der Waals surface area (Å²) in [5, 5.41) is 0.652. The third kappa shape index (κ3) is 6.35. The molecule has 0 fully saturated rings. The first kappa shape index (κ1) is 27.5. The number of hydrogen-bond donors (Lipinski definition) is 0. The van der Waals surface area contributed by atoms with Crippen LogP contribution in [0.15, 0.2) is 72.8 Å². The zero-order valence-electron chi connectivity index (χ0n) is 20.8. The lowest BCUT2D eigenvalue weighted by molar-refractivity contribution is 0.0981. The van der Waals surface area contributed by atoms with Gasteiger partial charge in [-0.25, -0.2) is 4.98 Å². The van der Waals surface area contributed by atoms with Crippen LogP contribution in [0, 0.1) is 0 Å². The molecule has 0 bridgehead atoms. The van der Waals surface area contributed by atoms with E-state index in [0.29, 0.717) is 35.3 Å². The summed E-state index contributed by atoms with van der Waals surface area (Å²) in [6, 6.07) is 22.8. The predicted molar refractivity (Wildman–Crippen MR) is 150 cm³/mol. The Morgan fingerprint density at radius 2 is 1.56 bits per heavy atom. The monoisotopic (exact) mass is 525 g/mol.